The fourth-order valence-corrected chi connectivity index (χ4v) is 1.44. The van der Waals surface area contributed by atoms with Crippen molar-refractivity contribution in [2.45, 2.75) is 40.5 Å². The third kappa shape index (κ3) is 7.89. The van der Waals surface area contributed by atoms with Crippen LogP contribution < -0.4 is 5.32 Å². The predicted molar refractivity (Wildman–Crippen MR) is 71.7 cm³/mol. The largest absolute Gasteiger partial charge is 0.381 e. The first kappa shape index (κ1) is 15.7. The van der Waals surface area contributed by atoms with Gasteiger partial charge in [-0.3, -0.25) is 0 Å². The predicted octanol–water partition coefficient (Wildman–Crippen LogP) is 3.24. The maximum absolute atomic E-state index is 5.62. The minimum absolute atomic E-state index is 0.159. The Balaban J connectivity index is 3.74. The summed E-state index contributed by atoms with van der Waals surface area (Å²) >= 11 is 0. The van der Waals surface area contributed by atoms with Crippen LogP contribution in [0, 0.1) is 11.3 Å². The summed E-state index contributed by atoms with van der Waals surface area (Å²) in [7, 11) is 0. The summed E-state index contributed by atoms with van der Waals surface area (Å²) < 4.78 is 5.62. The number of hydrogen-bond acceptors (Lipinski definition) is 2. The third-order valence-corrected chi connectivity index (χ3v) is 2.72. The van der Waals surface area contributed by atoms with Gasteiger partial charge in [0.1, 0.15) is 0 Å². The average molecular weight is 227 g/mol. The topological polar surface area (TPSA) is 21.3 Å². The third-order valence-electron chi connectivity index (χ3n) is 2.72. The van der Waals surface area contributed by atoms with E-state index in [-0.39, 0.29) is 5.41 Å². The van der Waals surface area contributed by atoms with Gasteiger partial charge in [0, 0.05) is 19.8 Å². The first-order valence-electron chi connectivity index (χ1n) is 6.46. The molecule has 0 radical (unpaired) electrons. The van der Waals surface area contributed by atoms with Gasteiger partial charge >= 0.3 is 0 Å². The fourth-order valence-electron chi connectivity index (χ4n) is 1.44. The number of hydrogen-bond donors (Lipinski definition) is 1. The zero-order valence-corrected chi connectivity index (χ0v) is 11.5. The van der Waals surface area contributed by atoms with E-state index in [1.54, 1.807) is 0 Å². The van der Waals surface area contributed by atoms with E-state index in [9.17, 15) is 0 Å². The maximum Gasteiger partial charge on any atom is 0.0488 e. The van der Waals surface area contributed by atoms with Crippen molar-refractivity contribution in [3.63, 3.8) is 0 Å². The van der Waals surface area contributed by atoms with E-state index in [4.69, 9.17) is 4.74 Å². The van der Waals surface area contributed by atoms with Crippen LogP contribution in [-0.2, 0) is 4.74 Å². The van der Waals surface area contributed by atoms with Crippen molar-refractivity contribution in [3.8, 4) is 0 Å². The Bertz CT molecular complexity index is 180. The second-order valence-corrected chi connectivity index (χ2v) is 5.25. The fraction of sp³-hybridized carbons (Fsp3) is 0.857. The molecule has 2 heteroatoms. The summed E-state index contributed by atoms with van der Waals surface area (Å²) in [5, 5.41) is 3.45. The van der Waals surface area contributed by atoms with Crippen molar-refractivity contribution in [2.75, 3.05) is 26.3 Å². The second kappa shape index (κ2) is 8.77. The first-order valence-corrected chi connectivity index (χ1v) is 6.46. The highest BCUT2D eigenvalue weighted by Crippen LogP contribution is 2.21. The van der Waals surface area contributed by atoms with E-state index >= 15 is 0 Å². The minimum Gasteiger partial charge on any atom is -0.381 e. The molecule has 96 valence electrons. The van der Waals surface area contributed by atoms with Crippen molar-refractivity contribution in [1.82, 2.24) is 5.32 Å². The Morgan fingerprint density at radius 3 is 2.62 bits per heavy atom. The van der Waals surface area contributed by atoms with Crippen LogP contribution in [0.2, 0.25) is 0 Å². The molecule has 0 bridgehead atoms. The Morgan fingerprint density at radius 2 is 2.12 bits per heavy atom. The molecule has 0 aliphatic rings. The van der Waals surface area contributed by atoms with E-state index in [1.807, 2.05) is 6.08 Å². The molecule has 0 rings (SSSR count). The molecule has 0 heterocycles. The van der Waals surface area contributed by atoms with Crippen molar-refractivity contribution >= 4 is 0 Å². The molecule has 0 aliphatic carbocycles. The summed E-state index contributed by atoms with van der Waals surface area (Å²) in [5.41, 5.74) is 0.159. The number of ether oxygens (including phenoxy) is 1. The van der Waals surface area contributed by atoms with Gasteiger partial charge in [-0.1, -0.05) is 33.8 Å². The monoisotopic (exact) mass is 227 g/mol. The molecule has 2 nitrogen and oxygen atoms in total. The molecule has 0 spiro atoms. The van der Waals surface area contributed by atoms with Gasteiger partial charge in [-0.25, -0.2) is 0 Å². The van der Waals surface area contributed by atoms with Crippen molar-refractivity contribution in [3.05, 3.63) is 12.7 Å². The molecule has 0 saturated heterocycles. The van der Waals surface area contributed by atoms with Gasteiger partial charge in [0.2, 0.25) is 0 Å². The summed E-state index contributed by atoms with van der Waals surface area (Å²) in [6.07, 6.45) is 4.27. The van der Waals surface area contributed by atoms with E-state index < -0.39 is 0 Å². The molecule has 1 atom stereocenters. The van der Waals surface area contributed by atoms with E-state index in [2.05, 4.69) is 39.6 Å². The van der Waals surface area contributed by atoms with Crippen LogP contribution in [0.3, 0.4) is 0 Å². The molecule has 16 heavy (non-hydrogen) atoms. The lowest BCUT2D eigenvalue weighted by molar-refractivity contribution is 0.0898. The molecular formula is C14H29NO. The zero-order valence-electron chi connectivity index (χ0n) is 11.5. The zero-order chi connectivity index (χ0) is 12.4. The second-order valence-electron chi connectivity index (χ2n) is 5.25. The van der Waals surface area contributed by atoms with Gasteiger partial charge in [0.15, 0.2) is 0 Å². The van der Waals surface area contributed by atoms with Gasteiger partial charge in [-0.15, -0.1) is 6.58 Å². The number of rotatable bonds is 10. The van der Waals surface area contributed by atoms with Crippen LogP contribution in [0.4, 0.5) is 0 Å². The summed E-state index contributed by atoms with van der Waals surface area (Å²) in [6.45, 7) is 16.5. The molecule has 0 aromatic heterocycles. The first-order chi connectivity index (χ1) is 7.54. The average Bonchev–Trinajstić information content (AvgIpc) is 2.25. The van der Waals surface area contributed by atoms with Crippen LogP contribution in [0.15, 0.2) is 12.7 Å². The lowest BCUT2D eigenvalue weighted by Gasteiger charge is -2.26. The smallest absolute Gasteiger partial charge is 0.0488 e. The lowest BCUT2D eigenvalue weighted by atomic mass is 9.87. The highest BCUT2D eigenvalue weighted by molar-refractivity contribution is 4.92. The van der Waals surface area contributed by atoms with Gasteiger partial charge in [-0.2, -0.15) is 0 Å². The van der Waals surface area contributed by atoms with Crippen molar-refractivity contribution < 1.29 is 4.74 Å². The molecular weight excluding hydrogens is 198 g/mol. The molecule has 0 aromatic rings. The Hall–Kier alpha value is -0.340. The highest BCUT2D eigenvalue weighted by Gasteiger charge is 2.19. The SMILES string of the molecule is C=CC(C)(CCOCC(C)C)CNCCC. The van der Waals surface area contributed by atoms with E-state index in [0.717, 1.165) is 32.7 Å². The van der Waals surface area contributed by atoms with Crippen molar-refractivity contribution in [1.29, 1.82) is 0 Å². The van der Waals surface area contributed by atoms with Crippen LogP contribution >= 0.6 is 0 Å². The van der Waals surface area contributed by atoms with Gasteiger partial charge in [-0.05, 0) is 30.7 Å². The molecule has 1 N–H and O–H groups in total. The normalized spacial score (nSPS) is 15.1. The summed E-state index contributed by atoms with van der Waals surface area (Å²) in [6, 6.07) is 0. The van der Waals surface area contributed by atoms with E-state index in [1.165, 1.54) is 6.42 Å². The van der Waals surface area contributed by atoms with Gasteiger partial charge in [0.25, 0.3) is 0 Å². The molecule has 0 fully saturated rings. The molecule has 0 aromatic carbocycles. The standard InChI is InChI=1S/C14H29NO/c1-6-9-15-12-14(5,7-2)8-10-16-11-13(3)4/h7,13,15H,2,6,8-12H2,1,3-5H3. The van der Waals surface area contributed by atoms with Crippen LogP contribution in [0.5, 0.6) is 0 Å². The van der Waals surface area contributed by atoms with Crippen LogP contribution in [0.25, 0.3) is 0 Å². The van der Waals surface area contributed by atoms with Gasteiger partial charge in [0.05, 0.1) is 0 Å². The maximum atomic E-state index is 5.62. The molecule has 0 aliphatic heterocycles. The van der Waals surface area contributed by atoms with Crippen molar-refractivity contribution in [2.24, 2.45) is 11.3 Å². The molecule has 1 unspecified atom stereocenters. The quantitative estimate of drug-likeness (QED) is 0.457. The molecule has 0 amide bonds. The lowest BCUT2D eigenvalue weighted by Crippen LogP contribution is -2.31. The molecule has 0 saturated carbocycles. The minimum atomic E-state index is 0.159. The highest BCUT2D eigenvalue weighted by atomic mass is 16.5. The Kier molecular flexibility index (Phi) is 8.58. The Morgan fingerprint density at radius 1 is 1.44 bits per heavy atom. The van der Waals surface area contributed by atoms with Crippen LogP contribution in [-0.4, -0.2) is 26.3 Å². The summed E-state index contributed by atoms with van der Waals surface area (Å²) in [4.78, 5) is 0. The summed E-state index contributed by atoms with van der Waals surface area (Å²) in [5.74, 6) is 0.619. The van der Waals surface area contributed by atoms with E-state index in [0.29, 0.717) is 5.92 Å². The van der Waals surface area contributed by atoms with Crippen LogP contribution in [0.1, 0.15) is 40.5 Å². The number of nitrogens with one attached hydrogen (secondary N) is 1. The van der Waals surface area contributed by atoms with Gasteiger partial charge < -0.3 is 10.1 Å². The Labute approximate surface area is 101 Å².